The van der Waals surface area contributed by atoms with Crippen molar-refractivity contribution >= 4 is 38.5 Å². The number of benzene rings is 4. The molecule has 0 bridgehead atoms. The lowest BCUT2D eigenvalue weighted by Crippen LogP contribution is -2.05. The first-order chi connectivity index (χ1) is 22.2. The van der Waals surface area contributed by atoms with E-state index in [2.05, 4.69) is 139 Å². The van der Waals surface area contributed by atoms with E-state index in [4.69, 9.17) is 18.9 Å². The molecule has 0 N–H and O–H groups in total. The Hall–Kier alpha value is -2.71. The highest BCUT2D eigenvalue weighted by atomic mass is 127. The quantitative estimate of drug-likeness (QED) is 0.0940. The van der Waals surface area contributed by atoms with E-state index in [0.29, 0.717) is 38.3 Å². The number of alkyl halides is 2. The number of hydrogen-bond donors (Lipinski definition) is 0. The van der Waals surface area contributed by atoms with Gasteiger partial charge >= 0.3 is 0 Å². The Morgan fingerprint density at radius 3 is 0.935 bits per heavy atom. The van der Waals surface area contributed by atoms with E-state index in [-0.39, 0.29) is 0 Å². The van der Waals surface area contributed by atoms with Crippen LogP contribution in [-0.4, -0.2) is 36.2 Å². The predicted molar refractivity (Wildman–Crippen MR) is 206 cm³/mol. The minimum Gasteiger partial charge on any atom is -0.494 e. The first kappa shape index (κ1) is 37.7. The average molecular weight is 802 g/mol. The third-order valence-corrected chi connectivity index (χ3v) is 9.44. The van der Waals surface area contributed by atoms with E-state index < -0.39 is 0 Å². The molecule has 0 fully saturated rings. The monoisotopic (exact) mass is 800 g/mol. The van der Waals surface area contributed by atoms with Crippen LogP contribution in [0, 0.1) is 27.7 Å². The second kappa shape index (κ2) is 19.2. The summed E-state index contributed by atoms with van der Waals surface area (Å²) >= 11 is 6.14. The maximum Gasteiger partial charge on any atom is 0.122 e. The van der Waals surface area contributed by atoms with Gasteiger partial charge in [0.1, 0.15) is 23.0 Å². The number of ether oxygens (including phenoxy) is 4. The van der Waals surface area contributed by atoms with Crippen molar-refractivity contribution in [3.63, 3.8) is 0 Å². The molecule has 4 aromatic rings. The van der Waals surface area contributed by atoms with Gasteiger partial charge in [-0.3, -0.25) is 0 Å². The largest absolute Gasteiger partial charge is 0.494 e. The zero-order valence-electron chi connectivity index (χ0n) is 28.7. The zero-order valence-corrected chi connectivity index (χ0v) is 32.5. The summed E-state index contributed by atoms with van der Waals surface area (Å²) in [6, 6.07) is 26.0. The second-order valence-corrected chi connectivity index (χ2v) is 12.8. The van der Waals surface area contributed by atoms with E-state index in [0.717, 1.165) is 32.8 Å². The lowest BCUT2D eigenvalue weighted by atomic mass is 9.91. The summed E-state index contributed by atoms with van der Waals surface area (Å²) in [7, 11) is 0. The van der Waals surface area contributed by atoms with Crippen molar-refractivity contribution in [3.05, 3.63) is 117 Å². The van der Waals surface area contributed by atoms with Crippen LogP contribution in [0.3, 0.4) is 0 Å². The Balaban J connectivity index is 0.000000250. The molecular weight excluding hydrogens is 751 g/mol. The van der Waals surface area contributed by atoms with Crippen molar-refractivity contribution in [1.82, 2.24) is 0 Å². The van der Waals surface area contributed by atoms with Gasteiger partial charge in [-0.15, -0.1) is 0 Å². The highest BCUT2D eigenvalue weighted by Gasteiger charge is 2.17. The zero-order chi connectivity index (χ0) is 33.6. The Labute approximate surface area is 299 Å². The average Bonchev–Trinajstić information content (AvgIpc) is 3.04. The van der Waals surface area contributed by atoms with Gasteiger partial charge in [-0.25, -0.2) is 0 Å². The van der Waals surface area contributed by atoms with Gasteiger partial charge in [-0.05, 0) is 124 Å². The first-order valence-corrected chi connectivity index (χ1v) is 18.9. The molecule has 4 nitrogen and oxygen atoms in total. The van der Waals surface area contributed by atoms with Gasteiger partial charge in [0.15, 0.2) is 0 Å². The van der Waals surface area contributed by atoms with Crippen molar-refractivity contribution in [2.24, 2.45) is 0 Å². The molecule has 4 rings (SSSR count). The van der Waals surface area contributed by atoms with Gasteiger partial charge in [0.2, 0.25) is 0 Å². The minimum atomic E-state index is 0.318. The summed E-state index contributed by atoms with van der Waals surface area (Å²) in [4.78, 5) is 0. The SMILES string of the molecule is CCOc1ccc(C(CBr)c2ccc(OCC)c(C)c2)cc1C.CCOc1ccc(C(CI)c2ccc(OCC)c(C)c2)cc1C. The molecule has 0 aliphatic heterocycles. The second-order valence-electron chi connectivity index (χ2n) is 11.2. The topological polar surface area (TPSA) is 36.9 Å². The molecule has 0 aliphatic rings. The van der Waals surface area contributed by atoms with Crippen molar-refractivity contribution < 1.29 is 18.9 Å². The molecule has 4 aromatic carbocycles. The van der Waals surface area contributed by atoms with Crippen LogP contribution in [0.5, 0.6) is 23.0 Å². The molecule has 0 atom stereocenters. The van der Waals surface area contributed by atoms with Gasteiger partial charge in [-0.2, -0.15) is 0 Å². The number of rotatable bonds is 14. The summed E-state index contributed by atoms with van der Waals surface area (Å²) in [5.41, 5.74) is 10.0. The molecule has 0 saturated carbocycles. The molecule has 0 spiro atoms. The summed E-state index contributed by atoms with van der Waals surface area (Å²) in [6.45, 7) is 19.3. The Morgan fingerprint density at radius 2 is 0.739 bits per heavy atom. The summed E-state index contributed by atoms with van der Waals surface area (Å²) in [5, 5.41) is 0.883. The van der Waals surface area contributed by atoms with Gasteiger partial charge in [0.25, 0.3) is 0 Å². The van der Waals surface area contributed by atoms with Crippen LogP contribution in [0.25, 0.3) is 0 Å². The number of aryl methyl sites for hydroxylation is 4. The van der Waals surface area contributed by atoms with E-state index >= 15 is 0 Å². The molecule has 0 unspecified atom stereocenters. The summed E-state index contributed by atoms with van der Waals surface area (Å²) in [5.74, 6) is 4.59. The normalized spacial score (nSPS) is 10.9. The lowest BCUT2D eigenvalue weighted by molar-refractivity contribution is 0.337. The summed E-state index contributed by atoms with van der Waals surface area (Å²) < 4.78 is 23.6. The predicted octanol–water partition coefficient (Wildman–Crippen LogP) is 11.3. The van der Waals surface area contributed by atoms with E-state index in [1.807, 2.05) is 27.7 Å². The highest BCUT2D eigenvalue weighted by Crippen LogP contribution is 2.34. The number of hydrogen-bond acceptors (Lipinski definition) is 4. The fourth-order valence-electron chi connectivity index (χ4n) is 5.57. The molecule has 248 valence electrons. The smallest absolute Gasteiger partial charge is 0.122 e. The standard InChI is InChI=1S/C20H25BrO2.C20H25IO2/c2*1-5-22-19-9-7-16(11-14(19)3)18(13-21)17-8-10-20(23-6-2)15(4)12-17/h2*7-12,18H,5-6,13H2,1-4H3. The van der Waals surface area contributed by atoms with E-state index in [1.54, 1.807) is 0 Å². The molecule has 6 heteroatoms. The molecular formula is C40H50BrIO4. The van der Waals surface area contributed by atoms with Gasteiger partial charge in [-0.1, -0.05) is 87.1 Å². The van der Waals surface area contributed by atoms with Gasteiger partial charge in [0.05, 0.1) is 26.4 Å². The first-order valence-electron chi connectivity index (χ1n) is 16.3. The Morgan fingerprint density at radius 1 is 0.478 bits per heavy atom. The molecule has 46 heavy (non-hydrogen) atoms. The molecule has 0 heterocycles. The fraction of sp³-hybridized carbons (Fsp3) is 0.400. The third kappa shape index (κ3) is 10.1. The van der Waals surface area contributed by atoms with Crippen LogP contribution in [0.1, 0.15) is 84.0 Å². The van der Waals surface area contributed by atoms with Gasteiger partial charge in [0, 0.05) is 21.6 Å². The fourth-order valence-corrected chi connectivity index (χ4v) is 7.33. The van der Waals surface area contributed by atoms with Crippen molar-refractivity contribution in [2.75, 3.05) is 36.2 Å². The maximum absolute atomic E-state index is 5.65. The van der Waals surface area contributed by atoms with Crippen molar-refractivity contribution in [2.45, 2.75) is 67.2 Å². The van der Waals surface area contributed by atoms with Crippen LogP contribution >= 0.6 is 38.5 Å². The summed E-state index contributed by atoms with van der Waals surface area (Å²) in [6.07, 6.45) is 0. The third-order valence-electron chi connectivity index (χ3n) is 7.91. The lowest BCUT2D eigenvalue weighted by Gasteiger charge is -2.19. The minimum absolute atomic E-state index is 0.318. The molecule has 0 aliphatic carbocycles. The van der Waals surface area contributed by atoms with Crippen LogP contribution in [0.15, 0.2) is 72.8 Å². The van der Waals surface area contributed by atoms with Crippen molar-refractivity contribution in [1.29, 1.82) is 0 Å². The molecule has 0 saturated heterocycles. The van der Waals surface area contributed by atoms with Gasteiger partial charge < -0.3 is 18.9 Å². The maximum atomic E-state index is 5.65. The highest BCUT2D eigenvalue weighted by molar-refractivity contribution is 14.1. The molecule has 0 amide bonds. The number of halogens is 2. The molecule has 0 radical (unpaired) electrons. The van der Waals surface area contributed by atoms with Crippen LogP contribution in [-0.2, 0) is 0 Å². The van der Waals surface area contributed by atoms with E-state index in [9.17, 15) is 0 Å². The van der Waals surface area contributed by atoms with Crippen LogP contribution in [0.2, 0.25) is 0 Å². The van der Waals surface area contributed by atoms with E-state index in [1.165, 1.54) is 44.5 Å². The van der Waals surface area contributed by atoms with Crippen molar-refractivity contribution in [3.8, 4) is 23.0 Å². The van der Waals surface area contributed by atoms with Crippen LogP contribution < -0.4 is 18.9 Å². The Kier molecular flexibility index (Phi) is 15.7. The molecule has 0 aromatic heterocycles. The Bertz CT molecular complexity index is 1310. The van der Waals surface area contributed by atoms with Crippen LogP contribution in [0.4, 0.5) is 0 Å².